The molecule has 35 heavy (non-hydrogen) atoms. The Labute approximate surface area is 212 Å². The van der Waals surface area contributed by atoms with Crippen LogP contribution in [-0.2, 0) is 4.74 Å². The summed E-state index contributed by atoms with van der Waals surface area (Å²) in [5.41, 5.74) is 0.270. The van der Waals surface area contributed by atoms with Crippen molar-refractivity contribution in [3.05, 3.63) is 65.9 Å². The van der Waals surface area contributed by atoms with E-state index in [1.807, 2.05) is 20.8 Å². The summed E-state index contributed by atoms with van der Waals surface area (Å²) in [5.74, 6) is -0.299. The van der Waals surface area contributed by atoms with Crippen LogP contribution in [-0.4, -0.2) is 44.4 Å². The number of nitrogens with one attached hydrogen (secondary N) is 1. The summed E-state index contributed by atoms with van der Waals surface area (Å²) in [5, 5.41) is 8.06. The van der Waals surface area contributed by atoms with E-state index in [2.05, 4.69) is 10.4 Å². The summed E-state index contributed by atoms with van der Waals surface area (Å²) in [4.78, 5) is 26.9. The van der Waals surface area contributed by atoms with Crippen LogP contribution in [0.2, 0.25) is 0 Å². The molecule has 3 aromatic rings. The highest BCUT2D eigenvalue weighted by atomic mass is 16.6. The molecule has 0 atom stereocenters. The van der Waals surface area contributed by atoms with E-state index in [9.17, 15) is 9.59 Å². The Bertz CT molecular complexity index is 1470. The highest BCUT2D eigenvalue weighted by molar-refractivity contribution is 6.05. The van der Waals surface area contributed by atoms with Crippen LogP contribution < -0.4 is 5.32 Å². The highest BCUT2D eigenvalue weighted by Crippen LogP contribution is 2.27. The molecule has 0 saturated heterocycles. The molecule has 0 unspecified atom stereocenters. The highest BCUT2D eigenvalue weighted by Gasteiger charge is 2.24. The number of hydrogen-bond donors (Lipinski definition) is 1. The Hall–Kier alpha value is -3.61. The lowest BCUT2D eigenvalue weighted by molar-refractivity contribution is 0.0329. The number of benzene rings is 2. The topological polar surface area (TPSA) is 76.5 Å². The molecule has 184 valence electrons. The molecule has 0 saturated carbocycles. The van der Waals surface area contributed by atoms with Crippen molar-refractivity contribution in [1.82, 2.24) is 20.0 Å². The first-order valence-corrected chi connectivity index (χ1v) is 11.7. The van der Waals surface area contributed by atoms with E-state index >= 15 is 0 Å². The van der Waals surface area contributed by atoms with Gasteiger partial charge in [-0.15, -0.1) is 0 Å². The number of fused-ring (bicyclic) bond motifs is 1. The van der Waals surface area contributed by atoms with Gasteiger partial charge in [0, 0.05) is 29.9 Å². The van der Waals surface area contributed by atoms with E-state index in [4.69, 9.17) is 10.2 Å². The standard InChI is InChI=1S/C28H34N4O3/c1-27(2,3)29-25(33)23-11-7-9-21-18-32(30-24(21)23)22-14-12-19(13-15-22)20-10-8-16-31(17-20)26(34)35-28(4,5)6/h7,9,11-15,17-18H,8,10,16H2,1-6H3,(H,29,33)/i12D,13D,14D,15D. The van der Waals surface area contributed by atoms with Gasteiger partial charge in [0.1, 0.15) is 11.1 Å². The summed E-state index contributed by atoms with van der Waals surface area (Å²) in [6.07, 6.45) is 3.71. The molecule has 0 fully saturated rings. The van der Waals surface area contributed by atoms with E-state index in [1.165, 1.54) is 9.58 Å². The van der Waals surface area contributed by atoms with Gasteiger partial charge in [-0.05, 0) is 83.7 Å². The molecule has 7 nitrogen and oxygen atoms in total. The maximum atomic E-state index is 12.9. The van der Waals surface area contributed by atoms with E-state index < -0.39 is 17.2 Å². The molecular formula is C28H34N4O3. The quantitative estimate of drug-likeness (QED) is 0.506. The fourth-order valence-electron chi connectivity index (χ4n) is 3.74. The first-order chi connectivity index (χ1) is 18.1. The predicted octanol–water partition coefficient (Wildman–Crippen LogP) is 5.93. The summed E-state index contributed by atoms with van der Waals surface area (Å²) in [7, 11) is 0. The second-order valence-corrected chi connectivity index (χ2v) is 10.7. The molecule has 1 aliphatic rings. The minimum Gasteiger partial charge on any atom is -0.443 e. The zero-order valence-electron chi connectivity index (χ0n) is 25.1. The molecule has 2 amide bonds. The zero-order valence-corrected chi connectivity index (χ0v) is 21.1. The molecule has 4 rings (SSSR count). The predicted molar refractivity (Wildman–Crippen MR) is 138 cm³/mol. The summed E-state index contributed by atoms with van der Waals surface area (Å²) >= 11 is 0. The lowest BCUT2D eigenvalue weighted by Gasteiger charge is -2.28. The molecular weight excluding hydrogens is 440 g/mol. The van der Waals surface area contributed by atoms with E-state index in [-0.39, 0.29) is 41.3 Å². The van der Waals surface area contributed by atoms with Gasteiger partial charge in [0.05, 0.1) is 16.7 Å². The van der Waals surface area contributed by atoms with Gasteiger partial charge in [0.15, 0.2) is 0 Å². The van der Waals surface area contributed by atoms with E-state index in [0.29, 0.717) is 41.4 Å². The van der Waals surface area contributed by atoms with Crippen LogP contribution in [0.5, 0.6) is 0 Å². The molecule has 1 aromatic heterocycles. The number of ether oxygens (including phenoxy) is 1. The lowest BCUT2D eigenvalue weighted by Crippen LogP contribution is -2.40. The average molecular weight is 479 g/mol. The second kappa shape index (κ2) is 9.21. The van der Waals surface area contributed by atoms with Gasteiger partial charge < -0.3 is 10.1 Å². The Morgan fingerprint density at radius 3 is 2.46 bits per heavy atom. The second-order valence-electron chi connectivity index (χ2n) is 10.7. The number of hydrogen-bond acceptors (Lipinski definition) is 4. The molecule has 0 radical (unpaired) electrons. The van der Waals surface area contributed by atoms with Crippen LogP contribution in [0.4, 0.5) is 4.79 Å². The Balaban J connectivity index is 1.78. The van der Waals surface area contributed by atoms with Crippen molar-refractivity contribution < 1.29 is 19.8 Å². The normalized spacial score (nSPS) is 16.2. The van der Waals surface area contributed by atoms with Crippen molar-refractivity contribution in [1.29, 1.82) is 0 Å². The number of allylic oxidation sites excluding steroid dienone is 1. The lowest BCUT2D eigenvalue weighted by atomic mass is 9.99. The van der Waals surface area contributed by atoms with Crippen LogP contribution in [0.3, 0.4) is 0 Å². The molecule has 2 aromatic carbocycles. The van der Waals surface area contributed by atoms with Gasteiger partial charge in [0.25, 0.3) is 5.91 Å². The SMILES string of the molecule is [2H]c1c([2H])c(-n2cc3cccc(C(=O)NC(C)(C)C)c3n2)c([2H])c([2H])c1C1=CN(C(=O)OC(C)(C)C)CCC1. The van der Waals surface area contributed by atoms with Crippen molar-refractivity contribution in [3.63, 3.8) is 0 Å². The third-order valence-electron chi connectivity index (χ3n) is 5.22. The summed E-state index contributed by atoms with van der Waals surface area (Å²) in [6, 6.07) is 4.17. The van der Waals surface area contributed by atoms with Gasteiger partial charge in [-0.25, -0.2) is 9.48 Å². The molecule has 1 N–H and O–H groups in total. The van der Waals surface area contributed by atoms with Gasteiger partial charge >= 0.3 is 6.09 Å². The number of nitrogens with zero attached hydrogens (tertiary/aromatic N) is 3. The smallest absolute Gasteiger partial charge is 0.414 e. The number of rotatable bonds is 3. The molecule has 7 heteroatoms. The monoisotopic (exact) mass is 478 g/mol. The molecule has 0 spiro atoms. The fraction of sp³-hybridized carbons (Fsp3) is 0.393. The number of carbonyl (C=O) groups excluding carboxylic acids is 2. The average Bonchev–Trinajstić information content (AvgIpc) is 3.25. The molecule has 0 bridgehead atoms. The van der Waals surface area contributed by atoms with Gasteiger partial charge in [-0.3, -0.25) is 9.69 Å². The maximum Gasteiger partial charge on any atom is 0.414 e. The minimum atomic E-state index is -0.672. The Morgan fingerprint density at radius 1 is 1.09 bits per heavy atom. The Morgan fingerprint density at radius 2 is 1.80 bits per heavy atom. The van der Waals surface area contributed by atoms with E-state index in [1.54, 1.807) is 51.4 Å². The van der Waals surface area contributed by atoms with Crippen LogP contribution in [0.15, 0.2) is 54.8 Å². The van der Waals surface area contributed by atoms with Crippen LogP contribution in [0.1, 0.15) is 75.8 Å². The maximum absolute atomic E-state index is 12.9. The largest absolute Gasteiger partial charge is 0.443 e. The molecule has 1 aliphatic heterocycles. The number of aromatic nitrogens is 2. The fourth-order valence-corrected chi connectivity index (χ4v) is 3.74. The zero-order chi connectivity index (χ0) is 28.9. The van der Waals surface area contributed by atoms with Crippen molar-refractivity contribution in [2.75, 3.05) is 6.54 Å². The first-order valence-electron chi connectivity index (χ1n) is 13.7. The van der Waals surface area contributed by atoms with Crippen LogP contribution >= 0.6 is 0 Å². The van der Waals surface area contributed by atoms with Gasteiger partial charge in [0.2, 0.25) is 0 Å². The van der Waals surface area contributed by atoms with Crippen molar-refractivity contribution in [2.24, 2.45) is 0 Å². The van der Waals surface area contributed by atoms with Gasteiger partial charge in [-0.2, -0.15) is 5.10 Å². The number of carbonyl (C=O) groups is 2. The third-order valence-corrected chi connectivity index (χ3v) is 5.22. The minimum absolute atomic E-state index is 0.0208. The Kier molecular flexibility index (Phi) is 5.18. The van der Waals surface area contributed by atoms with Crippen molar-refractivity contribution in [2.45, 2.75) is 65.5 Å². The molecule has 2 heterocycles. The summed E-state index contributed by atoms with van der Waals surface area (Å²) < 4.78 is 41.8. The number of amides is 2. The van der Waals surface area contributed by atoms with Crippen molar-refractivity contribution >= 4 is 28.5 Å². The third kappa shape index (κ3) is 5.91. The molecule has 0 aliphatic carbocycles. The first kappa shape index (κ1) is 19.7. The van der Waals surface area contributed by atoms with Crippen molar-refractivity contribution in [3.8, 4) is 5.69 Å². The van der Waals surface area contributed by atoms with Crippen LogP contribution in [0.25, 0.3) is 22.2 Å². The van der Waals surface area contributed by atoms with Crippen LogP contribution in [0, 0.1) is 0 Å². The van der Waals surface area contributed by atoms with Gasteiger partial charge in [-0.1, -0.05) is 24.2 Å². The summed E-state index contributed by atoms with van der Waals surface area (Å²) in [6.45, 7) is 11.4. The van der Waals surface area contributed by atoms with E-state index in [0.717, 1.165) is 0 Å².